The van der Waals surface area contributed by atoms with Crippen molar-refractivity contribution < 1.29 is 0 Å². The third-order valence-corrected chi connectivity index (χ3v) is 3.66. The first kappa shape index (κ1) is 11.3. The summed E-state index contributed by atoms with van der Waals surface area (Å²) < 4.78 is 0. The molecule has 3 heteroatoms. The number of aromatic nitrogens is 1. The van der Waals surface area contributed by atoms with Gasteiger partial charge in [-0.3, -0.25) is 0 Å². The molecule has 1 aliphatic rings. The van der Waals surface area contributed by atoms with E-state index in [1.807, 2.05) is 7.05 Å². The normalized spacial score (nSPS) is 15.3. The summed E-state index contributed by atoms with van der Waals surface area (Å²) in [6.07, 6.45) is 2.56. The highest BCUT2D eigenvalue weighted by atomic mass is 15.2. The van der Waals surface area contributed by atoms with Crippen molar-refractivity contribution in [1.82, 2.24) is 4.98 Å². The van der Waals surface area contributed by atoms with E-state index >= 15 is 0 Å². The Kier molecular flexibility index (Phi) is 2.82. The van der Waals surface area contributed by atoms with E-state index in [1.165, 1.54) is 29.3 Å². The lowest BCUT2D eigenvalue weighted by Crippen LogP contribution is -2.19. The molecule has 1 saturated heterocycles. The number of aryl methyl sites for hydroxylation is 1. The van der Waals surface area contributed by atoms with Crippen molar-refractivity contribution >= 4 is 22.3 Å². The van der Waals surface area contributed by atoms with Crippen molar-refractivity contribution in [2.45, 2.75) is 19.8 Å². The van der Waals surface area contributed by atoms with Crippen LogP contribution in [0.2, 0.25) is 0 Å². The second-order valence-electron chi connectivity index (χ2n) is 4.93. The summed E-state index contributed by atoms with van der Waals surface area (Å²) in [6, 6.07) is 8.57. The molecule has 1 aliphatic heterocycles. The molecule has 0 atom stereocenters. The Morgan fingerprint density at radius 3 is 2.67 bits per heavy atom. The zero-order valence-electron chi connectivity index (χ0n) is 11.0. The Labute approximate surface area is 108 Å². The molecule has 0 saturated carbocycles. The fourth-order valence-corrected chi connectivity index (χ4v) is 2.77. The Bertz CT molecular complexity index is 571. The first-order chi connectivity index (χ1) is 8.79. The summed E-state index contributed by atoms with van der Waals surface area (Å²) in [5.74, 6) is 1.15. The molecule has 0 amide bonds. The lowest BCUT2D eigenvalue weighted by atomic mass is 10.1. The zero-order valence-corrected chi connectivity index (χ0v) is 11.0. The third-order valence-electron chi connectivity index (χ3n) is 3.66. The molecule has 94 valence electrons. The summed E-state index contributed by atoms with van der Waals surface area (Å²) in [6.45, 7) is 4.34. The number of anilines is 2. The number of hydrogen-bond acceptors (Lipinski definition) is 3. The lowest BCUT2D eigenvalue weighted by Gasteiger charge is -2.20. The highest BCUT2D eigenvalue weighted by Gasteiger charge is 2.17. The van der Waals surface area contributed by atoms with Crippen LogP contribution < -0.4 is 10.2 Å². The van der Waals surface area contributed by atoms with Crippen LogP contribution in [0, 0.1) is 6.92 Å². The van der Waals surface area contributed by atoms with Crippen LogP contribution in [0.15, 0.2) is 24.3 Å². The minimum Gasteiger partial charge on any atom is -0.388 e. The molecule has 0 aliphatic carbocycles. The van der Waals surface area contributed by atoms with Gasteiger partial charge in [-0.15, -0.1) is 0 Å². The Hall–Kier alpha value is -1.77. The molecule has 0 spiro atoms. The number of rotatable bonds is 2. The average molecular weight is 241 g/mol. The Balaban J connectivity index is 2.24. The van der Waals surface area contributed by atoms with Gasteiger partial charge < -0.3 is 10.2 Å². The Morgan fingerprint density at radius 1 is 1.17 bits per heavy atom. The van der Waals surface area contributed by atoms with Crippen molar-refractivity contribution in [3.63, 3.8) is 0 Å². The number of fused-ring (bicyclic) bond motifs is 1. The summed E-state index contributed by atoms with van der Waals surface area (Å²) in [7, 11) is 1.97. The van der Waals surface area contributed by atoms with E-state index in [0.29, 0.717) is 0 Å². The molecule has 3 nitrogen and oxygen atoms in total. The lowest BCUT2D eigenvalue weighted by molar-refractivity contribution is 0.938. The number of nitrogens with one attached hydrogen (secondary N) is 1. The second kappa shape index (κ2) is 4.48. The molecule has 0 radical (unpaired) electrons. The molecule has 2 heterocycles. The number of nitrogens with zero attached hydrogens (tertiary/aromatic N) is 2. The molecule has 1 aromatic heterocycles. The van der Waals surface area contributed by atoms with Gasteiger partial charge in [-0.25, -0.2) is 4.98 Å². The third kappa shape index (κ3) is 1.80. The maximum Gasteiger partial charge on any atom is 0.136 e. The molecule has 2 aromatic rings. The van der Waals surface area contributed by atoms with Gasteiger partial charge in [-0.1, -0.05) is 12.1 Å². The first-order valence-electron chi connectivity index (χ1n) is 6.62. The summed E-state index contributed by atoms with van der Waals surface area (Å²) >= 11 is 0. The van der Waals surface area contributed by atoms with Gasteiger partial charge in [0.2, 0.25) is 0 Å². The largest absolute Gasteiger partial charge is 0.388 e. The quantitative estimate of drug-likeness (QED) is 0.875. The molecule has 1 fully saturated rings. The minimum atomic E-state index is 1.09. The second-order valence-corrected chi connectivity index (χ2v) is 4.93. The predicted molar refractivity (Wildman–Crippen MR) is 77.5 cm³/mol. The van der Waals surface area contributed by atoms with Crippen molar-refractivity contribution in [1.29, 1.82) is 0 Å². The number of benzene rings is 1. The van der Waals surface area contributed by atoms with Crippen LogP contribution in [0.3, 0.4) is 0 Å². The van der Waals surface area contributed by atoms with Gasteiger partial charge in [0.15, 0.2) is 0 Å². The van der Waals surface area contributed by atoms with E-state index in [4.69, 9.17) is 4.98 Å². The van der Waals surface area contributed by atoms with Gasteiger partial charge in [-0.2, -0.15) is 0 Å². The summed E-state index contributed by atoms with van der Waals surface area (Å²) in [4.78, 5) is 7.17. The zero-order chi connectivity index (χ0) is 12.5. The van der Waals surface area contributed by atoms with Gasteiger partial charge in [0.1, 0.15) is 5.82 Å². The van der Waals surface area contributed by atoms with Gasteiger partial charge in [0.25, 0.3) is 0 Å². The van der Waals surface area contributed by atoms with Crippen LogP contribution in [-0.2, 0) is 0 Å². The standard InChI is InChI=1S/C15H19N3/c1-11-10-13-12(6-5-7-14(13)16-2)15(17-11)18-8-3-4-9-18/h5-7,10,16H,3-4,8-9H2,1-2H3. The Morgan fingerprint density at radius 2 is 1.94 bits per heavy atom. The maximum atomic E-state index is 4.76. The highest BCUT2D eigenvalue weighted by Crippen LogP contribution is 2.32. The van der Waals surface area contributed by atoms with E-state index in [0.717, 1.165) is 24.6 Å². The van der Waals surface area contributed by atoms with Crippen molar-refractivity contribution in [2.24, 2.45) is 0 Å². The minimum absolute atomic E-state index is 1.09. The summed E-state index contributed by atoms with van der Waals surface area (Å²) in [5, 5.41) is 5.80. The molecule has 18 heavy (non-hydrogen) atoms. The molecule has 1 aromatic carbocycles. The summed E-state index contributed by atoms with van der Waals surface area (Å²) in [5.41, 5.74) is 2.27. The number of pyridine rings is 1. The SMILES string of the molecule is CNc1cccc2c(N3CCCC3)nc(C)cc12. The fraction of sp³-hybridized carbons (Fsp3) is 0.400. The molecular weight excluding hydrogens is 222 g/mol. The van der Waals surface area contributed by atoms with Crippen LogP contribution in [0.5, 0.6) is 0 Å². The van der Waals surface area contributed by atoms with E-state index in [1.54, 1.807) is 0 Å². The van der Waals surface area contributed by atoms with E-state index in [-0.39, 0.29) is 0 Å². The highest BCUT2D eigenvalue weighted by molar-refractivity contribution is 6.00. The molecule has 0 bridgehead atoms. The van der Waals surface area contributed by atoms with E-state index in [9.17, 15) is 0 Å². The molecule has 1 N–H and O–H groups in total. The smallest absolute Gasteiger partial charge is 0.136 e. The van der Waals surface area contributed by atoms with Gasteiger partial charge in [0, 0.05) is 42.3 Å². The van der Waals surface area contributed by atoms with Crippen LogP contribution in [-0.4, -0.2) is 25.1 Å². The number of hydrogen-bond donors (Lipinski definition) is 1. The van der Waals surface area contributed by atoms with Crippen LogP contribution in [0.1, 0.15) is 18.5 Å². The first-order valence-corrected chi connectivity index (χ1v) is 6.62. The maximum absolute atomic E-state index is 4.76. The monoisotopic (exact) mass is 241 g/mol. The topological polar surface area (TPSA) is 28.2 Å². The van der Waals surface area contributed by atoms with E-state index < -0.39 is 0 Å². The van der Waals surface area contributed by atoms with Crippen LogP contribution in [0.4, 0.5) is 11.5 Å². The van der Waals surface area contributed by atoms with Crippen LogP contribution >= 0.6 is 0 Å². The predicted octanol–water partition coefficient (Wildman–Crippen LogP) is 3.19. The van der Waals surface area contributed by atoms with Gasteiger partial charge in [-0.05, 0) is 31.9 Å². The molecule has 0 unspecified atom stereocenters. The van der Waals surface area contributed by atoms with Crippen molar-refractivity contribution in [3.8, 4) is 0 Å². The molecular formula is C15H19N3. The van der Waals surface area contributed by atoms with Gasteiger partial charge >= 0.3 is 0 Å². The molecule has 3 rings (SSSR count). The average Bonchev–Trinajstić information content (AvgIpc) is 2.90. The fourth-order valence-electron chi connectivity index (χ4n) is 2.77. The van der Waals surface area contributed by atoms with E-state index in [2.05, 4.69) is 41.4 Å². The van der Waals surface area contributed by atoms with Crippen molar-refractivity contribution in [3.05, 3.63) is 30.0 Å². The van der Waals surface area contributed by atoms with Crippen LogP contribution in [0.25, 0.3) is 10.8 Å². The van der Waals surface area contributed by atoms with Gasteiger partial charge in [0.05, 0.1) is 0 Å². The van der Waals surface area contributed by atoms with Crippen molar-refractivity contribution in [2.75, 3.05) is 30.4 Å².